The van der Waals surface area contributed by atoms with Crippen molar-refractivity contribution in [2.24, 2.45) is 0 Å². The Balaban J connectivity index is 1.71. The number of pyridine rings is 2. The van der Waals surface area contributed by atoms with Crippen molar-refractivity contribution in [1.82, 2.24) is 14.4 Å². The summed E-state index contributed by atoms with van der Waals surface area (Å²) >= 11 is 0. The zero-order valence-corrected chi connectivity index (χ0v) is 14.0. The second-order valence-electron chi connectivity index (χ2n) is 6.55. The van der Waals surface area contributed by atoms with Gasteiger partial charge in [0.25, 0.3) is 0 Å². The predicted molar refractivity (Wildman–Crippen MR) is 96.1 cm³/mol. The van der Waals surface area contributed by atoms with Crippen LogP contribution in [0.4, 0.5) is 5.82 Å². The van der Waals surface area contributed by atoms with Crippen LogP contribution in [-0.4, -0.2) is 30.6 Å². The van der Waals surface area contributed by atoms with Crippen LogP contribution in [0.3, 0.4) is 0 Å². The minimum atomic E-state index is -0.125. The average molecular weight is 338 g/mol. The van der Waals surface area contributed by atoms with E-state index in [1.807, 2.05) is 28.8 Å². The van der Waals surface area contributed by atoms with Gasteiger partial charge in [0.1, 0.15) is 11.5 Å². The molecule has 25 heavy (non-hydrogen) atoms. The summed E-state index contributed by atoms with van der Waals surface area (Å²) < 4.78 is 1.91. The molecule has 1 aliphatic rings. The third-order valence-corrected chi connectivity index (χ3v) is 4.89. The highest BCUT2D eigenvalue weighted by Gasteiger charge is 2.16. The van der Waals surface area contributed by atoms with E-state index in [1.165, 1.54) is 25.7 Å². The van der Waals surface area contributed by atoms with E-state index in [2.05, 4.69) is 10.3 Å². The van der Waals surface area contributed by atoms with Crippen LogP contribution in [0.25, 0.3) is 17.0 Å². The zero-order chi connectivity index (χ0) is 17.2. The Morgan fingerprint density at radius 1 is 1.12 bits per heavy atom. The summed E-state index contributed by atoms with van der Waals surface area (Å²) in [5, 5.41) is 22.5. The van der Waals surface area contributed by atoms with Crippen LogP contribution in [0.1, 0.15) is 36.8 Å². The quantitative estimate of drug-likeness (QED) is 0.666. The van der Waals surface area contributed by atoms with Gasteiger partial charge in [-0.3, -0.25) is 4.40 Å². The standard InChI is InChI=1S/C19H22N4O2/c24-11-13-8-19-20-9-17(23(19)10-14(13)12-25)16-6-3-7-18(22-16)21-15-4-1-2-5-15/h3,6-10,15,24-25H,1-2,4-5,11-12H2,(H,21,22). The van der Waals surface area contributed by atoms with Gasteiger partial charge in [0.2, 0.25) is 0 Å². The fraction of sp³-hybridized carbons (Fsp3) is 0.368. The Bertz CT molecular complexity index is 884. The number of aromatic nitrogens is 3. The molecule has 3 N–H and O–H groups in total. The molecule has 6 heteroatoms. The van der Waals surface area contributed by atoms with Crippen molar-refractivity contribution in [3.05, 3.63) is 47.8 Å². The van der Waals surface area contributed by atoms with E-state index in [4.69, 9.17) is 4.98 Å². The normalized spacial score (nSPS) is 15.1. The fourth-order valence-corrected chi connectivity index (χ4v) is 3.52. The van der Waals surface area contributed by atoms with Crippen LogP contribution in [0, 0.1) is 0 Å². The molecule has 3 aromatic rings. The number of rotatable bonds is 5. The second-order valence-corrected chi connectivity index (χ2v) is 6.55. The Morgan fingerprint density at radius 2 is 1.92 bits per heavy atom. The molecular weight excluding hydrogens is 316 g/mol. The highest BCUT2D eigenvalue weighted by atomic mass is 16.3. The number of fused-ring (bicyclic) bond motifs is 1. The minimum Gasteiger partial charge on any atom is -0.392 e. The van der Waals surface area contributed by atoms with Crippen LogP contribution in [0.15, 0.2) is 36.7 Å². The van der Waals surface area contributed by atoms with E-state index in [0.29, 0.717) is 17.2 Å². The molecular formula is C19H22N4O2. The average Bonchev–Trinajstić information content (AvgIpc) is 3.29. The Morgan fingerprint density at radius 3 is 2.68 bits per heavy atom. The van der Waals surface area contributed by atoms with Crippen LogP contribution >= 0.6 is 0 Å². The number of nitrogens with zero attached hydrogens (tertiary/aromatic N) is 3. The van der Waals surface area contributed by atoms with E-state index < -0.39 is 0 Å². The van der Waals surface area contributed by atoms with E-state index >= 15 is 0 Å². The van der Waals surface area contributed by atoms with Gasteiger partial charge in [0.05, 0.1) is 30.8 Å². The number of aliphatic hydroxyl groups is 2. The molecule has 6 nitrogen and oxygen atoms in total. The predicted octanol–water partition coefficient (Wildman–Crippen LogP) is 2.74. The minimum absolute atomic E-state index is 0.117. The summed E-state index contributed by atoms with van der Waals surface area (Å²) in [6.45, 7) is -0.242. The van der Waals surface area contributed by atoms with Crippen molar-refractivity contribution < 1.29 is 10.2 Å². The molecule has 0 aromatic carbocycles. The van der Waals surface area contributed by atoms with E-state index in [1.54, 1.807) is 12.3 Å². The summed E-state index contributed by atoms with van der Waals surface area (Å²) in [5.41, 5.74) is 3.80. The summed E-state index contributed by atoms with van der Waals surface area (Å²) in [4.78, 5) is 9.16. The van der Waals surface area contributed by atoms with Crippen LogP contribution in [0.2, 0.25) is 0 Å². The second kappa shape index (κ2) is 6.82. The molecule has 0 atom stereocenters. The molecule has 1 aliphatic carbocycles. The molecule has 1 saturated carbocycles. The number of aliphatic hydroxyl groups excluding tert-OH is 2. The monoisotopic (exact) mass is 338 g/mol. The van der Waals surface area contributed by atoms with Crippen molar-refractivity contribution in [3.8, 4) is 11.4 Å². The first kappa shape index (κ1) is 16.1. The molecule has 0 spiro atoms. The third-order valence-electron chi connectivity index (χ3n) is 4.89. The van der Waals surface area contributed by atoms with Gasteiger partial charge in [-0.25, -0.2) is 9.97 Å². The third kappa shape index (κ3) is 3.10. The first-order chi connectivity index (χ1) is 12.3. The maximum Gasteiger partial charge on any atom is 0.137 e. The van der Waals surface area contributed by atoms with Crippen molar-refractivity contribution in [3.63, 3.8) is 0 Å². The zero-order valence-electron chi connectivity index (χ0n) is 14.0. The van der Waals surface area contributed by atoms with E-state index in [9.17, 15) is 10.2 Å². The van der Waals surface area contributed by atoms with Crippen LogP contribution in [0.5, 0.6) is 0 Å². The van der Waals surface area contributed by atoms with Gasteiger partial charge in [0.15, 0.2) is 0 Å². The SMILES string of the molecule is OCc1cc2ncc(-c3cccc(NC4CCCC4)n3)n2cc1CO. The lowest BCUT2D eigenvalue weighted by molar-refractivity contribution is 0.259. The lowest BCUT2D eigenvalue weighted by atomic mass is 10.1. The smallest absolute Gasteiger partial charge is 0.137 e. The summed E-state index contributed by atoms with van der Waals surface area (Å²) in [6, 6.07) is 8.26. The first-order valence-electron chi connectivity index (χ1n) is 8.73. The van der Waals surface area contributed by atoms with Gasteiger partial charge in [0, 0.05) is 12.2 Å². The molecule has 4 rings (SSSR count). The van der Waals surface area contributed by atoms with Crippen LogP contribution < -0.4 is 5.32 Å². The molecule has 1 fully saturated rings. The van der Waals surface area contributed by atoms with Crippen LogP contribution in [-0.2, 0) is 13.2 Å². The Hall–Kier alpha value is -2.44. The molecule has 0 aliphatic heterocycles. The van der Waals surface area contributed by atoms with E-state index in [0.717, 1.165) is 22.9 Å². The number of imidazole rings is 1. The van der Waals surface area contributed by atoms with Gasteiger partial charge in [-0.15, -0.1) is 0 Å². The fourth-order valence-electron chi connectivity index (χ4n) is 3.52. The summed E-state index contributed by atoms with van der Waals surface area (Å²) in [5.74, 6) is 0.883. The number of nitrogens with one attached hydrogen (secondary N) is 1. The maximum atomic E-state index is 9.54. The van der Waals surface area contributed by atoms with Gasteiger partial charge in [-0.1, -0.05) is 18.9 Å². The highest BCUT2D eigenvalue weighted by molar-refractivity contribution is 5.63. The molecule has 0 amide bonds. The first-order valence-corrected chi connectivity index (χ1v) is 8.73. The largest absolute Gasteiger partial charge is 0.392 e. The van der Waals surface area contributed by atoms with Gasteiger partial charge >= 0.3 is 0 Å². The molecule has 3 heterocycles. The number of hydrogen-bond acceptors (Lipinski definition) is 5. The number of hydrogen-bond donors (Lipinski definition) is 3. The maximum absolute atomic E-state index is 9.54. The number of anilines is 1. The van der Waals surface area contributed by atoms with Crippen molar-refractivity contribution in [2.75, 3.05) is 5.32 Å². The molecule has 0 saturated heterocycles. The summed E-state index contributed by atoms with van der Waals surface area (Å²) in [6.07, 6.45) is 8.56. The van der Waals surface area contributed by atoms with E-state index in [-0.39, 0.29) is 13.2 Å². The van der Waals surface area contributed by atoms with Crippen molar-refractivity contribution in [1.29, 1.82) is 0 Å². The molecule has 0 radical (unpaired) electrons. The lowest BCUT2D eigenvalue weighted by Crippen LogP contribution is -2.15. The Labute approximate surface area is 146 Å². The topological polar surface area (TPSA) is 82.7 Å². The van der Waals surface area contributed by atoms with Gasteiger partial charge < -0.3 is 15.5 Å². The van der Waals surface area contributed by atoms with Crippen molar-refractivity contribution >= 4 is 11.5 Å². The molecule has 3 aromatic heterocycles. The molecule has 0 unspecified atom stereocenters. The molecule has 0 bridgehead atoms. The van der Waals surface area contributed by atoms with Gasteiger partial charge in [-0.05, 0) is 42.2 Å². The Kier molecular flexibility index (Phi) is 4.38. The van der Waals surface area contributed by atoms with Gasteiger partial charge in [-0.2, -0.15) is 0 Å². The van der Waals surface area contributed by atoms with Crippen molar-refractivity contribution in [2.45, 2.75) is 44.9 Å². The summed E-state index contributed by atoms with van der Waals surface area (Å²) in [7, 11) is 0. The highest BCUT2D eigenvalue weighted by Crippen LogP contribution is 2.25. The molecule has 130 valence electrons. The lowest BCUT2D eigenvalue weighted by Gasteiger charge is -2.13.